The molecular formula is C9H10INO2S. The Labute approximate surface area is 100 Å². The van der Waals surface area contributed by atoms with Crippen LogP contribution in [0, 0.1) is 3.57 Å². The van der Waals surface area contributed by atoms with Gasteiger partial charge in [-0.15, -0.1) is 11.3 Å². The molecule has 3 nitrogen and oxygen atoms in total. The molecule has 0 unspecified atom stereocenters. The Hall–Kier alpha value is -0.140. The van der Waals surface area contributed by atoms with E-state index >= 15 is 0 Å². The Morgan fingerprint density at radius 1 is 1.50 bits per heavy atom. The van der Waals surface area contributed by atoms with Crippen LogP contribution in [0.15, 0.2) is 6.07 Å². The Bertz CT molecular complexity index is 334. The third-order valence-corrected chi connectivity index (χ3v) is 4.41. The van der Waals surface area contributed by atoms with Crippen molar-refractivity contribution in [2.75, 3.05) is 31.2 Å². The Kier molecular flexibility index (Phi) is 3.40. The van der Waals surface area contributed by atoms with E-state index in [1.54, 1.807) is 11.3 Å². The van der Waals surface area contributed by atoms with Crippen molar-refractivity contribution in [3.8, 4) is 0 Å². The third-order valence-electron chi connectivity index (χ3n) is 2.10. The normalized spacial score (nSPS) is 17.1. The minimum Gasteiger partial charge on any atom is -0.378 e. The summed E-state index contributed by atoms with van der Waals surface area (Å²) in [6, 6.07) is 1.93. The molecule has 0 N–H and O–H groups in total. The number of aldehydes is 1. The van der Waals surface area contributed by atoms with Crippen molar-refractivity contribution in [1.29, 1.82) is 0 Å². The molecule has 0 amide bonds. The van der Waals surface area contributed by atoms with Crippen LogP contribution < -0.4 is 4.90 Å². The average molecular weight is 323 g/mol. The van der Waals surface area contributed by atoms with Gasteiger partial charge in [0.05, 0.1) is 18.1 Å². The van der Waals surface area contributed by atoms with E-state index in [2.05, 4.69) is 27.5 Å². The van der Waals surface area contributed by atoms with Crippen molar-refractivity contribution >= 4 is 45.2 Å². The molecule has 0 spiro atoms. The molecule has 14 heavy (non-hydrogen) atoms. The molecule has 0 radical (unpaired) electrons. The van der Waals surface area contributed by atoms with Gasteiger partial charge in [-0.2, -0.15) is 0 Å². The lowest BCUT2D eigenvalue weighted by molar-refractivity contribution is 0.112. The number of nitrogens with zero attached hydrogens (tertiary/aromatic N) is 1. The maximum atomic E-state index is 10.6. The Morgan fingerprint density at radius 3 is 2.79 bits per heavy atom. The first-order chi connectivity index (χ1) is 6.81. The molecule has 1 fully saturated rings. The molecule has 1 aliphatic heterocycles. The Balaban J connectivity index is 2.20. The molecule has 2 heterocycles. The van der Waals surface area contributed by atoms with Gasteiger partial charge in [0.2, 0.25) is 0 Å². The van der Waals surface area contributed by atoms with Crippen LogP contribution in [0.25, 0.3) is 0 Å². The SMILES string of the molecule is O=Cc1cc(I)c(N2CCOCC2)s1. The molecule has 1 saturated heterocycles. The van der Waals surface area contributed by atoms with Crippen molar-refractivity contribution < 1.29 is 9.53 Å². The summed E-state index contributed by atoms with van der Waals surface area (Å²) in [4.78, 5) is 13.7. The number of carbonyl (C=O) groups is 1. The highest BCUT2D eigenvalue weighted by atomic mass is 127. The first kappa shape index (κ1) is 10.4. The van der Waals surface area contributed by atoms with E-state index in [0.717, 1.165) is 41.0 Å². The van der Waals surface area contributed by atoms with Crippen molar-refractivity contribution in [2.45, 2.75) is 0 Å². The van der Waals surface area contributed by atoms with E-state index in [9.17, 15) is 4.79 Å². The number of thiophene rings is 1. The van der Waals surface area contributed by atoms with Crippen LogP contribution in [-0.4, -0.2) is 32.6 Å². The predicted octanol–water partition coefficient (Wildman–Crippen LogP) is 2.00. The molecular weight excluding hydrogens is 313 g/mol. The van der Waals surface area contributed by atoms with Gasteiger partial charge in [-0.25, -0.2) is 0 Å². The summed E-state index contributed by atoms with van der Waals surface area (Å²) in [6.07, 6.45) is 0.913. The van der Waals surface area contributed by atoms with Crippen molar-refractivity contribution in [2.24, 2.45) is 0 Å². The largest absolute Gasteiger partial charge is 0.378 e. The summed E-state index contributed by atoms with van der Waals surface area (Å²) in [7, 11) is 0. The molecule has 0 atom stereocenters. The Morgan fingerprint density at radius 2 is 2.21 bits per heavy atom. The van der Waals surface area contributed by atoms with E-state index in [1.807, 2.05) is 6.07 Å². The minimum atomic E-state index is 0.782. The number of morpholine rings is 1. The van der Waals surface area contributed by atoms with Gasteiger partial charge < -0.3 is 9.64 Å². The van der Waals surface area contributed by atoms with E-state index in [0.29, 0.717) is 0 Å². The zero-order valence-electron chi connectivity index (χ0n) is 7.53. The highest BCUT2D eigenvalue weighted by Crippen LogP contribution is 2.32. The number of ether oxygens (including phenoxy) is 1. The minimum absolute atomic E-state index is 0.782. The van der Waals surface area contributed by atoms with Gasteiger partial charge in [0.15, 0.2) is 6.29 Å². The fourth-order valence-corrected chi connectivity index (χ4v) is 3.55. The zero-order valence-corrected chi connectivity index (χ0v) is 10.5. The molecule has 76 valence electrons. The third kappa shape index (κ3) is 2.09. The fourth-order valence-electron chi connectivity index (χ4n) is 1.42. The predicted molar refractivity (Wildman–Crippen MR) is 65.5 cm³/mol. The van der Waals surface area contributed by atoms with Gasteiger partial charge in [0.1, 0.15) is 5.00 Å². The quantitative estimate of drug-likeness (QED) is 0.616. The molecule has 5 heteroatoms. The first-order valence-corrected chi connectivity index (χ1v) is 6.28. The highest BCUT2D eigenvalue weighted by molar-refractivity contribution is 14.1. The second-order valence-electron chi connectivity index (χ2n) is 3.02. The maximum absolute atomic E-state index is 10.6. The number of anilines is 1. The van der Waals surface area contributed by atoms with Crippen LogP contribution in [0.5, 0.6) is 0 Å². The lowest BCUT2D eigenvalue weighted by Gasteiger charge is -2.27. The number of halogens is 1. The molecule has 0 aliphatic carbocycles. The molecule has 0 bridgehead atoms. The van der Waals surface area contributed by atoms with Crippen LogP contribution >= 0.6 is 33.9 Å². The van der Waals surface area contributed by atoms with Crippen LogP contribution in [0.3, 0.4) is 0 Å². The first-order valence-electron chi connectivity index (χ1n) is 4.38. The molecule has 1 aromatic heterocycles. The lowest BCUT2D eigenvalue weighted by atomic mass is 10.4. The van der Waals surface area contributed by atoms with Crippen molar-refractivity contribution in [3.63, 3.8) is 0 Å². The van der Waals surface area contributed by atoms with Gasteiger partial charge in [0.25, 0.3) is 0 Å². The topological polar surface area (TPSA) is 29.5 Å². The molecule has 1 aromatic rings. The average Bonchev–Trinajstić information content (AvgIpc) is 2.61. The summed E-state index contributed by atoms with van der Waals surface area (Å²) >= 11 is 3.84. The van der Waals surface area contributed by atoms with Gasteiger partial charge in [-0.05, 0) is 28.7 Å². The van der Waals surface area contributed by atoms with Gasteiger partial charge in [-0.3, -0.25) is 4.79 Å². The van der Waals surface area contributed by atoms with Crippen LogP contribution in [0.2, 0.25) is 0 Å². The van der Waals surface area contributed by atoms with Gasteiger partial charge >= 0.3 is 0 Å². The van der Waals surface area contributed by atoms with Crippen LogP contribution in [0.4, 0.5) is 5.00 Å². The summed E-state index contributed by atoms with van der Waals surface area (Å²) < 4.78 is 6.45. The van der Waals surface area contributed by atoms with E-state index in [-0.39, 0.29) is 0 Å². The van der Waals surface area contributed by atoms with Gasteiger partial charge in [-0.1, -0.05) is 0 Å². The summed E-state index contributed by atoms with van der Waals surface area (Å²) in [5.74, 6) is 0. The summed E-state index contributed by atoms with van der Waals surface area (Å²) in [5, 5.41) is 1.20. The molecule has 0 saturated carbocycles. The lowest BCUT2D eigenvalue weighted by Crippen LogP contribution is -2.36. The number of hydrogen-bond acceptors (Lipinski definition) is 4. The standard InChI is InChI=1S/C9H10INO2S/c10-8-5-7(6-12)14-9(8)11-1-3-13-4-2-11/h5-6H,1-4H2. The number of carbonyl (C=O) groups excluding carboxylic acids is 1. The number of rotatable bonds is 2. The van der Waals surface area contributed by atoms with Crippen LogP contribution in [0.1, 0.15) is 9.67 Å². The monoisotopic (exact) mass is 323 g/mol. The van der Waals surface area contributed by atoms with E-state index in [1.165, 1.54) is 5.00 Å². The van der Waals surface area contributed by atoms with E-state index < -0.39 is 0 Å². The van der Waals surface area contributed by atoms with Crippen molar-refractivity contribution in [1.82, 2.24) is 0 Å². The van der Waals surface area contributed by atoms with Crippen molar-refractivity contribution in [3.05, 3.63) is 14.5 Å². The molecule has 0 aromatic carbocycles. The second kappa shape index (κ2) is 4.59. The molecule has 1 aliphatic rings. The maximum Gasteiger partial charge on any atom is 0.160 e. The molecule has 2 rings (SSSR count). The fraction of sp³-hybridized carbons (Fsp3) is 0.444. The smallest absolute Gasteiger partial charge is 0.160 e. The second-order valence-corrected chi connectivity index (χ2v) is 5.24. The van der Waals surface area contributed by atoms with E-state index in [4.69, 9.17) is 4.74 Å². The summed E-state index contributed by atoms with van der Waals surface area (Å²) in [5.41, 5.74) is 0. The van der Waals surface area contributed by atoms with Gasteiger partial charge in [0, 0.05) is 16.7 Å². The summed E-state index contributed by atoms with van der Waals surface area (Å²) in [6.45, 7) is 3.42. The zero-order chi connectivity index (χ0) is 9.97. The number of hydrogen-bond donors (Lipinski definition) is 0. The highest BCUT2D eigenvalue weighted by Gasteiger charge is 2.16. The van der Waals surface area contributed by atoms with Crippen LogP contribution in [-0.2, 0) is 4.74 Å².